The summed E-state index contributed by atoms with van der Waals surface area (Å²) in [6, 6.07) is 0. The molecule has 0 aromatic heterocycles. The van der Waals surface area contributed by atoms with Gasteiger partial charge >= 0.3 is 0 Å². The highest BCUT2D eigenvalue weighted by Crippen LogP contribution is 2.49. The summed E-state index contributed by atoms with van der Waals surface area (Å²) in [5, 5.41) is 0. The van der Waals surface area contributed by atoms with E-state index in [2.05, 4.69) is 38.2 Å². The van der Waals surface area contributed by atoms with Gasteiger partial charge in [-0.25, -0.2) is 0 Å². The third kappa shape index (κ3) is 3.09. The van der Waals surface area contributed by atoms with Crippen molar-refractivity contribution in [1.82, 2.24) is 0 Å². The first-order chi connectivity index (χ1) is 11.6. The average molecular weight is 323 g/mol. The van der Waals surface area contributed by atoms with Crippen molar-refractivity contribution < 1.29 is 0 Å². The molecular weight excluding hydrogens is 288 g/mol. The summed E-state index contributed by atoms with van der Waals surface area (Å²) in [6.45, 7) is 5.02. The lowest BCUT2D eigenvalue weighted by molar-refractivity contribution is 0.251. The van der Waals surface area contributed by atoms with Gasteiger partial charge in [0.25, 0.3) is 0 Å². The topological polar surface area (TPSA) is 0 Å². The highest BCUT2D eigenvalue weighted by Gasteiger charge is 2.38. The monoisotopic (exact) mass is 322 g/mol. The molecule has 0 nitrogen and oxygen atoms in total. The summed E-state index contributed by atoms with van der Waals surface area (Å²) in [7, 11) is 0. The van der Waals surface area contributed by atoms with E-state index in [1.54, 1.807) is 22.3 Å². The highest BCUT2D eigenvalue weighted by molar-refractivity contribution is 5.44. The molecule has 0 unspecified atom stereocenters. The molecule has 0 spiro atoms. The third-order valence-electron chi connectivity index (χ3n) is 7.10. The van der Waals surface area contributed by atoms with Crippen LogP contribution in [0.5, 0.6) is 0 Å². The Hall–Kier alpha value is -1.04. The fourth-order valence-corrected chi connectivity index (χ4v) is 5.24. The Morgan fingerprint density at radius 2 is 0.833 bits per heavy atom. The summed E-state index contributed by atoms with van der Waals surface area (Å²) < 4.78 is 0. The molecule has 2 fully saturated rings. The van der Waals surface area contributed by atoms with E-state index >= 15 is 0 Å². The molecule has 0 bridgehead atoms. The van der Waals surface area contributed by atoms with Gasteiger partial charge in [0, 0.05) is 11.8 Å². The average Bonchev–Trinajstić information content (AvgIpc) is 3.06. The largest absolute Gasteiger partial charge is 0.0736 e. The number of fused-ring (bicyclic) bond motifs is 2. The molecule has 0 heterocycles. The van der Waals surface area contributed by atoms with Crippen LogP contribution in [0, 0.1) is 17.3 Å². The van der Waals surface area contributed by atoms with Crippen LogP contribution in [-0.4, -0.2) is 0 Å². The van der Waals surface area contributed by atoms with Crippen LogP contribution in [0.15, 0.2) is 46.6 Å². The van der Waals surface area contributed by atoms with Gasteiger partial charge in [-0.3, -0.25) is 0 Å². The normalized spacial score (nSPS) is 26.4. The minimum atomic E-state index is 0.313. The zero-order valence-electron chi connectivity index (χ0n) is 15.7. The van der Waals surface area contributed by atoms with Crippen molar-refractivity contribution in [3.8, 4) is 0 Å². The molecule has 0 atom stereocenters. The van der Waals surface area contributed by atoms with Crippen molar-refractivity contribution in [3.05, 3.63) is 46.6 Å². The molecule has 130 valence electrons. The number of hydrogen-bond acceptors (Lipinski definition) is 0. The second-order valence-electron chi connectivity index (χ2n) is 9.12. The van der Waals surface area contributed by atoms with Crippen molar-refractivity contribution in [1.29, 1.82) is 0 Å². The van der Waals surface area contributed by atoms with Gasteiger partial charge in [0.1, 0.15) is 0 Å². The van der Waals surface area contributed by atoms with Crippen LogP contribution in [0.4, 0.5) is 0 Å². The lowest BCUT2D eigenvalue weighted by Crippen LogP contribution is -2.27. The van der Waals surface area contributed by atoms with Crippen molar-refractivity contribution in [3.63, 3.8) is 0 Å². The predicted octanol–water partition coefficient (Wildman–Crippen LogP) is 7.30. The van der Waals surface area contributed by atoms with Gasteiger partial charge in [0.2, 0.25) is 0 Å². The van der Waals surface area contributed by atoms with E-state index in [0.29, 0.717) is 17.3 Å². The predicted molar refractivity (Wildman–Crippen MR) is 104 cm³/mol. The molecule has 24 heavy (non-hydrogen) atoms. The first-order valence-corrected chi connectivity index (χ1v) is 10.5. The lowest BCUT2D eigenvalue weighted by atomic mass is 9.70. The van der Waals surface area contributed by atoms with Crippen LogP contribution in [0.2, 0.25) is 0 Å². The quantitative estimate of drug-likeness (QED) is 0.500. The van der Waals surface area contributed by atoms with Gasteiger partial charge in [-0.1, -0.05) is 57.4 Å². The van der Waals surface area contributed by atoms with E-state index < -0.39 is 0 Å². The summed E-state index contributed by atoms with van der Waals surface area (Å²) in [5.74, 6) is 1.26. The fraction of sp³-hybridized carbons (Fsp3) is 0.667. The van der Waals surface area contributed by atoms with Crippen molar-refractivity contribution in [2.45, 2.75) is 84.5 Å². The molecule has 4 aliphatic carbocycles. The molecule has 0 aromatic rings. The Bertz CT molecular complexity index is 562. The van der Waals surface area contributed by atoms with Crippen molar-refractivity contribution in [2.24, 2.45) is 17.3 Å². The van der Waals surface area contributed by atoms with Gasteiger partial charge in [-0.05, 0) is 79.1 Å². The standard InChI is InChI=1S/C24H34/c1-24(2,23-16-20-12-8-5-9-13-21(20)17-23)22-14-18-10-6-3-4-7-11-19(18)15-22/h14-17,22-23H,3-13H2,1-2H3. The van der Waals surface area contributed by atoms with E-state index in [9.17, 15) is 0 Å². The lowest BCUT2D eigenvalue weighted by Gasteiger charge is -2.34. The molecule has 0 amide bonds. The summed E-state index contributed by atoms with van der Waals surface area (Å²) in [4.78, 5) is 0. The summed E-state index contributed by atoms with van der Waals surface area (Å²) >= 11 is 0. The van der Waals surface area contributed by atoms with Crippen molar-refractivity contribution >= 4 is 0 Å². The maximum Gasteiger partial charge on any atom is 0.00182 e. The van der Waals surface area contributed by atoms with Gasteiger partial charge in [-0.15, -0.1) is 0 Å². The summed E-state index contributed by atoms with van der Waals surface area (Å²) in [6.07, 6.45) is 25.7. The van der Waals surface area contributed by atoms with Crippen LogP contribution in [-0.2, 0) is 0 Å². The molecule has 0 radical (unpaired) electrons. The van der Waals surface area contributed by atoms with Crippen molar-refractivity contribution in [2.75, 3.05) is 0 Å². The Kier molecular flexibility index (Phi) is 4.58. The minimum absolute atomic E-state index is 0.313. The number of allylic oxidation sites excluding steroid dienone is 8. The smallest absolute Gasteiger partial charge is 0.00182 e. The second-order valence-corrected chi connectivity index (χ2v) is 9.12. The van der Waals surface area contributed by atoms with Crippen LogP contribution >= 0.6 is 0 Å². The molecule has 0 saturated heterocycles. The molecule has 0 aliphatic heterocycles. The van der Waals surface area contributed by atoms with Gasteiger partial charge in [0.15, 0.2) is 0 Å². The Morgan fingerprint density at radius 1 is 0.542 bits per heavy atom. The fourth-order valence-electron chi connectivity index (χ4n) is 5.24. The first kappa shape index (κ1) is 16.4. The minimum Gasteiger partial charge on any atom is -0.0736 e. The van der Waals surface area contributed by atoms with E-state index in [4.69, 9.17) is 0 Å². The van der Waals surface area contributed by atoms with E-state index in [0.717, 1.165) is 0 Å². The van der Waals surface area contributed by atoms with Crippen LogP contribution in [0.1, 0.15) is 84.5 Å². The number of rotatable bonds is 2. The number of hydrogen-bond donors (Lipinski definition) is 0. The van der Waals surface area contributed by atoms with Gasteiger partial charge < -0.3 is 0 Å². The van der Waals surface area contributed by atoms with E-state index in [-0.39, 0.29) is 0 Å². The third-order valence-corrected chi connectivity index (χ3v) is 7.10. The zero-order chi connectivity index (χ0) is 16.6. The molecule has 0 heteroatoms. The van der Waals surface area contributed by atoms with E-state index in [1.807, 2.05) is 0 Å². The van der Waals surface area contributed by atoms with Crippen LogP contribution in [0.3, 0.4) is 0 Å². The SMILES string of the molecule is CC(C)(C1C=C2CCCCCCC2=C1)C1C=C2CCCCCC2=C1. The molecular formula is C24H34. The van der Waals surface area contributed by atoms with Gasteiger partial charge in [-0.2, -0.15) is 0 Å². The molecule has 4 aliphatic rings. The molecule has 4 rings (SSSR count). The Labute approximate surface area is 148 Å². The van der Waals surface area contributed by atoms with Crippen LogP contribution in [0.25, 0.3) is 0 Å². The van der Waals surface area contributed by atoms with Gasteiger partial charge in [0.05, 0.1) is 0 Å². The maximum atomic E-state index is 2.64. The second kappa shape index (κ2) is 6.70. The van der Waals surface area contributed by atoms with E-state index in [1.165, 1.54) is 70.6 Å². The highest BCUT2D eigenvalue weighted by atomic mass is 14.4. The maximum absolute atomic E-state index is 2.64. The zero-order valence-corrected chi connectivity index (χ0v) is 15.7. The molecule has 2 saturated carbocycles. The van der Waals surface area contributed by atoms with Crippen LogP contribution < -0.4 is 0 Å². The summed E-state index contributed by atoms with van der Waals surface area (Å²) in [5.41, 5.74) is 7.08. The Balaban J connectivity index is 1.56. The first-order valence-electron chi connectivity index (χ1n) is 10.5. The molecule has 0 aromatic carbocycles. The Morgan fingerprint density at radius 3 is 1.17 bits per heavy atom. The molecule has 0 N–H and O–H groups in total.